The summed E-state index contributed by atoms with van der Waals surface area (Å²) in [5, 5.41) is 15.2. The Morgan fingerprint density at radius 3 is 2.41 bits per heavy atom. The largest absolute Gasteiger partial charge is 0.439 e. The minimum atomic E-state index is -0.535. The Morgan fingerprint density at radius 2 is 1.75 bits per heavy atom. The van der Waals surface area contributed by atoms with Crippen molar-refractivity contribution < 1.29 is 14.6 Å². The normalized spacial score (nSPS) is 12.3. The highest BCUT2D eigenvalue weighted by atomic mass is 16.5. The minimum absolute atomic E-state index is 0.339. The van der Waals surface area contributed by atoms with Gasteiger partial charge in [0.25, 0.3) is 0 Å². The van der Waals surface area contributed by atoms with E-state index in [-0.39, 0.29) is 0 Å². The number of nitrogens with zero attached hydrogens (tertiary/aromatic N) is 3. The highest BCUT2D eigenvalue weighted by molar-refractivity contribution is 5.43. The number of benzene rings is 2. The molecule has 1 N–H and O–H groups in total. The quantitative estimate of drug-likeness (QED) is 0.437. The van der Waals surface area contributed by atoms with E-state index in [0.29, 0.717) is 32.2 Å². The average molecular weight is 438 g/mol. The van der Waals surface area contributed by atoms with Crippen LogP contribution in [0.2, 0.25) is 0 Å². The first-order valence-electron chi connectivity index (χ1n) is 11.4. The third-order valence-corrected chi connectivity index (χ3v) is 5.28. The Balaban J connectivity index is 1.94. The molecule has 0 unspecified atom stereocenters. The summed E-state index contributed by atoms with van der Waals surface area (Å²) in [5.74, 6) is 1.48. The molecule has 0 spiro atoms. The van der Waals surface area contributed by atoms with Crippen LogP contribution in [0.3, 0.4) is 0 Å². The molecule has 1 atom stereocenters. The zero-order valence-electron chi connectivity index (χ0n) is 19.6. The van der Waals surface area contributed by atoms with E-state index in [1.54, 1.807) is 0 Å². The fourth-order valence-corrected chi connectivity index (χ4v) is 3.67. The van der Waals surface area contributed by atoms with E-state index in [2.05, 4.69) is 18.7 Å². The molecule has 0 aliphatic rings. The van der Waals surface area contributed by atoms with Gasteiger partial charge in [0.05, 0.1) is 29.7 Å². The van der Waals surface area contributed by atoms with Crippen molar-refractivity contribution in [1.82, 2.24) is 14.7 Å². The van der Waals surface area contributed by atoms with E-state index >= 15 is 0 Å². The lowest BCUT2D eigenvalue weighted by atomic mass is 10.2. The molecule has 3 rings (SSSR count). The summed E-state index contributed by atoms with van der Waals surface area (Å²) in [7, 11) is 0. The van der Waals surface area contributed by atoms with Gasteiger partial charge in [0, 0.05) is 19.7 Å². The van der Waals surface area contributed by atoms with Gasteiger partial charge in [-0.3, -0.25) is 4.90 Å². The fraction of sp³-hybridized carbons (Fsp3) is 0.423. The lowest BCUT2D eigenvalue weighted by molar-refractivity contribution is 0.0195. The Bertz CT molecular complexity index is 954. The van der Waals surface area contributed by atoms with Crippen LogP contribution in [0.15, 0.2) is 54.6 Å². The highest BCUT2D eigenvalue weighted by Gasteiger charge is 2.22. The molecule has 6 heteroatoms. The molecule has 0 aliphatic carbocycles. The molecule has 0 saturated heterocycles. The lowest BCUT2D eigenvalue weighted by Crippen LogP contribution is -2.35. The number of ether oxygens (including phenoxy) is 2. The molecule has 0 amide bonds. The van der Waals surface area contributed by atoms with Crippen molar-refractivity contribution in [3.63, 3.8) is 0 Å². The second-order valence-electron chi connectivity index (χ2n) is 8.08. The number of aryl methyl sites for hydroxylation is 2. The van der Waals surface area contributed by atoms with Crippen molar-refractivity contribution >= 4 is 0 Å². The zero-order valence-corrected chi connectivity index (χ0v) is 19.6. The van der Waals surface area contributed by atoms with Crippen molar-refractivity contribution in [2.24, 2.45) is 0 Å². The summed E-state index contributed by atoms with van der Waals surface area (Å²) in [5.41, 5.74) is 4.06. The Hall–Kier alpha value is -2.67. The summed E-state index contributed by atoms with van der Waals surface area (Å²) < 4.78 is 13.7. The van der Waals surface area contributed by atoms with Gasteiger partial charge in [-0.2, -0.15) is 5.10 Å². The summed E-state index contributed by atoms with van der Waals surface area (Å²) in [6.45, 7) is 11.1. The third-order valence-electron chi connectivity index (χ3n) is 5.28. The number of hydrogen-bond acceptors (Lipinski definition) is 5. The summed E-state index contributed by atoms with van der Waals surface area (Å²) in [4.78, 5) is 2.24. The van der Waals surface area contributed by atoms with Gasteiger partial charge in [0.1, 0.15) is 5.75 Å². The maximum Gasteiger partial charge on any atom is 0.227 e. The number of para-hydroxylation sites is 1. The second-order valence-corrected chi connectivity index (χ2v) is 8.08. The standard InChI is InChI=1S/C26H35N3O3/c1-5-16-28(17-23(30)19-31-6-2)18-25-21(4)27-29(22-10-8-7-9-11-22)26(25)32-24-14-12-20(3)13-15-24/h7-15,23,30H,5-6,16-19H2,1-4H3/t23-/m1/s1. The van der Waals surface area contributed by atoms with E-state index in [0.717, 1.165) is 35.7 Å². The predicted octanol–water partition coefficient (Wildman–Crippen LogP) is 4.89. The van der Waals surface area contributed by atoms with E-state index < -0.39 is 6.10 Å². The van der Waals surface area contributed by atoms with Crippen molar-refractivity contribution in [2.45, 2.75) is 46.8 Å². The van der Waals surface area contributed by atoms with Crippen LogP contribution in [-0.2, 0) is 11.3 Å². The lowest BCUT2D eigenvalue weighted by Gasteiger charge is -2.25. The Labute approximate surface area is 191 Å². The van der Waals surface area contributed by atoms with Crippen molar-refractivity contribution in [2.75, 3.05) is 26.3 Å². The number of hydrogen-bond donors (Lipinski definition) is 1. The van der Waals surface area contributed by atoms with Crippen LogP contribution in [-0.4, -0.2) is 52.2 Å². The molecule has 6 nitrogen and oxygen atoms in total. The molecule has 2 aromatic carbocycles. The van der Waals surface area contributed by atoms with Gasteiger partial charge in [0.15, 0.2) is 0 Å². The molecule has 0 radical (unpaired) electrons. The van der Waals surface area contributed by atoms with Crippen LogP contribution in [0.1, 0.15) is 37.1 Å². The van der Waals surface area contributed by atoms with Gasteiger partial charge in [0.2, 0.25) is 5.88 Å². The van der Waals surface area contributed by atoms with Gasteiger partial charge in [-0.25, -0.2) is 4.68 Å². The molecule has 32 heavy (non-hydrogen) atoms. The monoisotopic (exact) mass is 437 g/mol. The van der Waals surface area contributed by atoms with Crippen LogP contribution >= 0.6 is 0 Å². The minimum Gasteiger partial charge on any atom is -0.439 e. The molecule has 0 fully saturated rings. The first kappa shape index (κ1) is 24.0. The van der Waals surface area contributed by atoms with Crippen LogP contribution < -0.4 is 4.74 Å². The molecule has 3 aromatic rings. The summed E-state index contributed by atoms with van der Waals surface area (Å²) in [6, 6.07) is 18.1. The van der Waals surface area contributed by atoms with Crippen molar-refractivity contribution in [3.8, 4) is 17.3 Å². The number of aliphatic hydroxyl groups is 1. The van der Waals surface area contributed by atoms with Crippen LogP contribution in [0.25, 0.3) is 5.69 Å². The molecule has 0 bridgehead atoms. The van der Waals surface area contributed by atoms with Crippen LogP contribution in [0.5, 0.6) is 11.6 Å². The third kappa shape index (κ3) is 6.42. The first-order chi connectivity index (χ1) is 15.5. The SMILES string of the molecule is CCCN(Cc1c(C)nn(-c2ccccc2)c1Oc1ccc(C)cc1)C[C@@H](O)COCC. The smallest absolute Gasteiger partial charge is 0.227 e. The molecule has 0 saturated carbocycles. The van der Waals surface area contributed by atoms with E-state index in [4.69, 9.17) is 14.6 Å². The Morgan fingerprint density at radius 1 is 1.03 bits per heavy atom. The van der Waals surface area contributed by atoms with Gasteiger partial charge in [-0.15, -0.1) is 0 Å². The second kappa shape index (κ2) is 11.8. The van der Waals surface area contributed by atoms with Gasteiger partial charge >= 0.3 is 0 Å². The molecule has 172 valence electrons. The van der Waals surface area contributed by atoms with Crippen LogP contribution in [0, 0.1) is 13.8 Å². The predicted molar refractivity (Wildman–Crippen MR) is 128 cm³/mol. The number of rotatable bonds is 12. The van der Waals surface area contributed by atoms with E-state index in [1.807, 2.05) is 73.1 Å². The van der Waals surface area contributed by atoms with E-state index in [9.17, 15) is 5.11 Å². The average Bonchev–Trinajstić information content (AvgIpc) is 3.09. The molecule has 1 aromatic heterocycles. The molecule has 0 aliphatic heterocycles. The van der Waals surface area contributed by atoms with Crippen molar-refractivity contribution in [3.05, 3.63) is 71.4 Å². The van der Waals surface area contributed by atoms with Crippen molar-refractivity contribution in [1.29, 1.82) is 0 Å². The molecular weight excluding hydrogens is 402 g/mol. The van der Waals surface area contributed by atoms with Gasteiger partial charge in [-0.05, 0) is 58.0 Å². The van der Waals surface area contributed by atoms with E-state index in [1.165, 1.54) is 5.56 Å². The Kier molecular flexibility index (Phi) is 8.85. The maximum atomic E-state index is 10.4. The van der Waals surface area contributed by atoms with Gasteiger partial charge < -0.3 is 14.6 Å². The maximum absolute atomic E-state index is 10.4. The topological polar surface area (TPSA) is 59.8 Å². The summed E-state index contributed by atoms with van der Waals surface area (Å²) in [6.07, 6.45) is 0.453. The fourth-order valence-electron chi connectivity index (χ4n) is 3.67. The summed E-state index contributed by atoms with van der Waals surface area (Å²) >= 11 is 0. The highest BCUT2D eigenvalue weighted by Crippen LogP contribution is 2.31. The van der Waals surface area contributed by atoms with Gasteiger partial charge in [-0.1, -0.05) is 42.8 Å². The van der Waals surface area contributed by atoms with Crippen LogP contribution in [0.4, 0.5) is 0 Å². The molecular formula is C26H35N3O3. The number of aliphatic hydroxyl groups excluding tert-OH is 1. The first-order valence-corrected chi connectivity index (χ1v) is 11.4. The zero-order chi connectivity index (χ0) is 22.9. The molecule has 1 heterocycles. The number of aromatic nitrogens is 2.